The summed E-state index contributed by atoms with van der Waals surface area (Å²) < 4.78 is 14.5. The number of carbonyl (C=O) groups excluding carboxylic acids is 3. The van der Waals surface area contributed by atoms with Gasteiger partial charge in [-0.3, -0.25) is 9.59 Å². The summed E-state index contributed by atoms with van der Waals surface area (Å²) >= 11 is 1.29. The first-order valence-corrected chi connectivity index (χ1v) is 7.76. The molecular formula is C15H21NO6S. The summed E-state index contributed by atoms with van der Waals surface area (Å²) in [5.74, 6) is -2.92. The van der Waals surface area contributed by atoms with Gasteiger partial charge < -0.3 is 19.5 Å². The maximum atomic E-state index is 12.1. The van der Waals surface area contributed by atoms with Gasteiger partial charge in [-0.1, -0.05) is 6.07 Å². The van der Waals surface area contributed by atoms with Crippen molar-refractivity contribution in [1.29, 1.82) is 0 Å². The van der Waals surface area contributed by atoms with E-state index in [0.29, 0.717) is 4.88 Å². The highest BCUT2D eigenvalue weighted by atomic mass is 32.1. The number of methoxy groups -OCH3 is 2. The second-order valence-corrected chi connectivity index (χ2v) is 6.64. The summed E-state index contributed by atoms with van der Waals surface area (Å²) in [4.78, 5) is 36.7. The molecule has 0 unspecified atom stereocenters. The SMILES string of the molecule is COC(=O)C(C(=O)OC)[C@@H](NC(=O)OC(C)(C)C)c1cccs1. The molecule has 0 aliphatic rings. The van der Waals surface area contributed by atoms with Crippen molar-refractivity contribution >= 4 is 29.4 Å². The molecule has 8 heteroatoms. The Morgan fingerprint density at radius 2 is 1.70 bits per heavy atom. The van der Waals surface area contributed by atoms with Gasteiger partial charge in [0, 0.05) is 4.88 Å². The first kappa shape index (κ1) is 19.0. The van der Waals surface area contributed by atoms with Crippen LogP contribution in [0.25, 0.3) is 0 Å². The van der Waals surface area contributed by atoms with E-state index in [4.69, 9.17) is 4.74 Å². The van der Waals surface area contributed by atoms with E-state index >= 15 is 0 Å². The quantitative estimate of drug-likeness (QED) is 0.501. The molecule has 1 heterocycles. The molecule has 1 atom stereocenters. The van der Waals surface area contributed by atoms with Gasteiger partial charge in [0.1, 0.15) is 5.60 Å². The smallest absolute Gasteiger partial charge is 0.408 e. The maximum Gasteiger partial charge on any atom is 0.408 e. The Morgan fingerprint density at radius 1 is 1.13 bits per heavy atom. The lowest BCUT2D eigenvalue weighted by molar-refractivity contribution is -0.160. The van der Waals surface area contributed by atoms with Crippen LogP contribution in [-0.2, 0) is 23.8 Å². The molecule has 0 saturated carbocycles. The Balaban J connectivity index is 3.11. The van der Waals surface area contributed by atoms with Gasteiger partial charge in [-0.2, -0.15) is 0 Å². The van der Waals surface area contributed by atoms with Gasteiger partial charge in [0.15, 0.2) is 5.92 Å². The van der Waals surface area contributed by atoms with Crippen molar-refractivity contribution in [2.45, 2.75) is 32.4 Å². The summed E-state index contributed by atoms with van der Waals surface area (Å²) in [6.45, 7) is 5.14. The van der Waals surface area contributed by atoms with E-state index in [9.17, 15) is 14.4 Å². The number of thiophene rings is 1. The van der Waals surface area contributed by atoms with Crippen molar-refractivity contribution in [2.24, 2.45) is 5.92 Å². The number of esters is 2. The molecule has 0 bridgehead atoms. The molecule has 0 radical (unpaired) electrons. The predicted octanol–water partition coefficient (Wildman–Crippen LogP) is 2.28. The van der Waals surface area contributed by atoms with Gasteiger partial charge in [-0.25, -0.2) is 4.79 Å². The van der Waals surface area contributed by atoms with Crippen molar-refractivity contribution in [3.05, 3.63) is 22.4 Å². The Morgan fingerprint density at radius 3 is 2.09 bits per heavy atom. The van der Waals surface area contributed by atoms with Gasteiger partial charge >= 0.3 is 18.0 Å². The number of amides is 1. The van der Waals surface area contributed by atoms with Crippen LogP contribution in [0.1, 0.15) is 31.7 Å². The third-order valence-electron chi connectivity index (χ3n) is 2.77. The zero-order chi connectivity index (χ0) is 17.6. The largest absolute Gasteiger partial charge is 0.468 e. The van der Waals surface area contributed by atoms with E-state index in [1.165, 1.54) is 11.3 Å². The van der Waals surface area contributed by atoms with Crippen molar-refractivity contribution in [3.63, 3.8) is 0 Å². The number of nitrogens with one attached hydrogen (secondary N) is 1. The average Bonchev–Trinajstić information content (AvgIpc) is 2.97. The molecule has 0 aliphatic heterocycles. The first-order chi connectivity index (χ1) is 10.7. The van der Waals surface area contributed by atoms with Crippen molar-refractivity contribution in [2.75, 3.05) is 14.2 Å². The van der Waals surface area contributed by atoms with Crippen LogP contribution >= 0.6 is 11.3 Å². The van der Waals surface area contributed by atoms with Crippen LogP contribution in [0.5, 0.6) is 0 Å². The molecule has 1 rings (SSSR count). The zero-order valence-corrected chi connectivity index (χ0v) is 14.6. The third kappa shape index (κ3) is 5.55. The molecule has 0 fully saturated rings. The normalized spacial score (nSPS) is 12.4. The molecule has 1 aromatic rings. The van der Waals surface area contributed by atoms with E-state index in [1.807, 2.05) is 0 Å². The van der Waals surface area contributed by atoms with Gasteiger partial charge in [0.25, 0.3) is 0 Å². The fourth-order valence-electron chi connectivity index (χ4n) is 1.84. The second-order valence-electron chi connectivity index (χ2n) is 5.66. The van der Waals surface area contributed by atoms with E-state index in [0.717, 1.165) is 14.2 Å². The zero-order valence-electron chi connectivity index (χ0n) is 13.7. The first-order valence-electron chi connectivity index (χ1n) is 6.88. The fraction of sp³-hybridized carbons (Fsp3) is 0.533. The summed E-state index contributed by atoms with van der Waals surface area (Å²) in [6.07, 6.45) is -0.742. The summed E-state index contributed by atoms with van der Waals surface area (Å²) in [5.41, 5.74) is -0.712. The van der Waals surface area contributed by atoms with Crippen LogP contribution in [0.15, 0.2) is 17.5 Å². The minimum atomic E-state index is -1.32. The lowest BCUT2D eigenvalue weighted by Crippen LogP contribution is -2.43. The van der Waals surface area contributed by atoms with Crippen LogP contribution in [0.4, 0.5) is 4.79 Å². The molecule has 0 saturated heterocycles. The third-order valence-corrected chi connectivity index (χ3v) is 3.72. The molecule has 7 nitrogen and oxygen atoms in total. The van der Waals surface area contributed by atoms with E-state index in [2.05, 4.69) is 14.8 Å². The average molecular weight is 343 g/mol. The van der Waals surface area contributed by atoms with Crippen molar-refractivity contribution in [3.8, 4) is 0 Å². The van der Waals surface area contributed by atoms with Gasteiger partial charge in [-0.05, 0) is 32.2 Å². The van der Waals surface area contributed by atoms with E-state index in [1.54, 1.807) is 38.3 Å². The van der Waals surface area contributed by atoms with Gasteiger partial charge in [0.05, 0.1) is 20.3 Å². The number of hydrogen-bond donors (Lipinski definition) is 1. The molecule has 1 N–H and O–H groups in total. The summed E-state index contributed by atoms with van der Waals surface area (Å²) in [7, 11) is 2.33. The predicted molar refractivity (Wildman–Crippen MR) is 84.0 cm³/mol. The Kier molecular flexibility index (Phi) is 6.56. The van der Waals surface area contributed by atoms with Crippen LogP contribution in [-0.4, -0.2) is 37.9 Å². The molecule has 128 valence electrons. The summed E-state index contributed by atoms with van der Waals surface area (Å²) in [6, 6.07) is 2.51. The highest BCUT2D eigenvalue weighted by molar-refractivity contribution is 7.10. The summed E-state index contributed by atoms with van der Waals surface area (Å²) in [5, 5.41) is 4.32. The second kappa shape index (κ2) is 7.96. The number of ether oxygens (including phenoxy) is 3. The monoisotopic (exact) mass is 343 g/mol. The van der Waals surface area contributed by atoms with Crippen LogP contribution in [0.3, 0.4) is 0 Å². The Bertz CT molecular complexity index is 533. The number of alkyl carbamates (subject to hydrolysis) is 1. The lowest BCUT2D eigenvalue weighted by atomic mass is 9.98. The highest BCUT2D eigenvalue weighted by Crippen LogP contribution is 2.28. The van der Waals surface area contributed by atoms with Gasteiger partial charge in [-0.15, -0.1) is 11.3 Å². The fourth-order valence-corrected chi connectivity index (χ4v) is 2.66. The minimum absolute atomic E-state index is 0.608. The molecule has 1 amide bonds. The molecule has 0 aliphatic carbocycles. The standard InChI is InChI=1S/C15H21NO6S/c1-15(2,3)22-14(19)16-11(9-7-6-8-23-9)10(12(17)20-4)13(18)21-5/h6-8,10-11H,1-5H3,(H,16,19)/t11-/m0/s1. The highest BCUT2D eigenvalue weighted by Gasteiger charge is 2.40. The molecule has 0 spiro atoms. The molecular weight excluding hydrogens is 322 g/mol. The topological polar surface area (TPSA) is 90.9 Å². The van der Waals surface area contributed by atoms with Crippen molar-refractivity contribution in [1.82, 2.24) is 5.32 Å². The molecule has 1 aromatic heterocycles. The minimum Gasteiger partial charge on any atom is -0.468 e. The van der Waals surface area contributed by atoms with Gasteiger partial charge in [0.2, 0.25) is 0 Å². The van der Waals surface area contributed by atoms with E-state index in [-0.39, 0.29) is 0 Å². The van der Waals surface area contributed by atoms with E-state index < -0.39 is 35.6 Å². The van der Waals surface area contributed by atoms with Crippen LogP contribution < -0.4 is 5.32 Å². The van der Waals surface area contributed by atoms with Crippen molar-refractivity contribution < 1.29 is 28.6 Å². The number of carbonyl (C=O) groups is 3. The Labute approximate surface area is 138 Å². The van der Waals surface area contributed by atoms with Crippen LogP contribution in [0.2, 0.25) is 0 Å². The maximum absolute atomic E-state index is 12.1. The van der Waals surface area contributed by atoms with Crippen LogP contribution in [0, 0.1) is 5.92 Å². The number of hydrogen-bond acceptors (Lipinski definition) is 7. The molecule has 23 heavy (non-hydrogen) atoms. The number of rotatable bonds is 5. The Hall–Kier alpha value is -2.09. The lowest BCUT2D eigenvalue weighted by Gasteiger charge is -2.26. The molecule has 0 aromatic carbocycles.